The largest absolute Gasteiger partial charge is 0.492 e. The SMILES string of the molecule is CCNC(=NCc1ccccn1)NCCOc1cccc(C(F)(F)F)c1.I. The molecule has 0 aliphatic heterocycles. The van der Waals surface area contributed by atoms with E-state index in [-0.39, 0.29) is 36.3 Å². The summed E-state index contributed by atoms with van der Waals surface area (Å²) in [4.78, 5) is 8.60. The Morgan fingerprint density at radius 3 is 2.63 bits per heavy atom. The van der Waals surface area contributed by atoms with E-state index in [1.807, 2.05) is 25.1 Å². The molecule has 9 heteroatoms. The number of ether oxygens (including phenoxy) is 1. The highest BCUT2D eigenvalue weighted by atomic mass is 127. The molecule has 5 nitrogen and oxygen atoms in total. The fourth-order valence-corrected chi connectivity index (χ4v) is 2.09. The van der Waals surface area contributed by atoms with Gasteiger partial charge in [-0.15, -0.1) is 24.0 Å². The van der Waals surface area contributed by atoms with E-state index >= 15 is 0 Å². The van der Waals surface area contributed by atoms with Gasteiger partial charge in [0, 0.05) is 12.7 Å². The molecule has 27 heavy (non-hydrogen) atoms. The Bertz CT molecular complexity index is 711. The Kier molecular flexibility index (Phi) is 9.90. The monoisotopic (exact) mass is 494 g/mol. The van der Waals surface area contributed by atoms with Crippen molar-refractivity contribution in [2.24, 2.45) is 4.99 Å². The molecule has 0 fully saturated rings. The lowest BCUT2D eigenvalue weighted by atomic mass is 10.2. The number of nitrogens with zero attached hydrogens (tertiary/aromatic N) is 2. The first-order valence-corrected chi connectivity index (χ1v) is 8.21. The third-order valence-corrected chi connectivity index (χ3v) is 3.29. The van der Waals surface area contributed by atoms with E-state index in [1.54, 1.807) is 6.20 Å². The molecule has 1 aromatic heterocycles. The summed E-state index contributed by atoms with van der Waals surface area (Å²) in [6.45, 7) is 3.64. The second-order valence-corrected chi connectivity index (χ2v) is 5.32. The Hall–Kier alpha value is -2.04. The van der Waals surface area contributed by atoms with Crippen LogP contribution in [0.25, 0.3) is 0 Å². The fraction of sp³-hybridized carbons (Fsp3) is 0.333. The van der Waals surface area contributed by atoms with Crippen molar-refractivity contribution in [3.8, 4) is 5.75 Å². The first-order chi connectivity index (χ1) is 12.5. The summed E-state index contributed by atoms with van der Waals surface area (Å²) < 4.78 is 43.4. The van der Waals surface area contributed by atoms with Crippen LogP contribution in [0.15, 0.2) is 53.7 Å². The van der Waals surface area contributed by atoms with Crippen molar-refractivity contribution in [3.05, 3.63) is 59.9 Å². The lowest BCUT2D eigenvalue weighted by Crippen LogP contribution is -2.39. The number of nitrogens with one attached hydrogen (secondary N) is 2. The molecule has 148 valence electrons. The number of benzene rings is 1. The number of halogens is 4. The number of alkyl halides is 3. The molecule has 0 aliphatic carbocycles. The lowest BCUT2D eigenvalue weighted by molar-refractivity contribution is -0.137. The van der Waals surface area contributed by atoms with Gasteiger partial charge in [-0.2, -0.15) is 13.2 Å². The average molecular weight is 494 g/mol. The molecule has 2 aromatic rings. The van der Waals surface area contributed by atoms with Gasteiger partial charge in [0.05, 0.1) is 24.3 Å². The highest BCUT2D eigenvalue weighted by Crippen LogP contribution is 2.31. The van der Waals surface area contributed by atoms with Gasteiger partial charge in [-0.3, -0.25) is 4.98 Å². The smallest absolute Gasteiger partial charge is 0.416 e. The zero-order valence-corrected chi connectivity index (χ0v) is 17.1. The molecule has 0 atom stereocenters. The molecule has 1 aromatic carbocycles. The van der Waals surface area contributed by atoms with E-state index in [0.29, 0.717) is 25.6 Å². The lowest BCUT2D eigenvalue weighted by Gasteiger charge is -2.13. The molecule has 1 heterocycles. The molecular weight excluding hydrogens is 472 g/mol. The van der Waals surface area contributed by atoms with Gasteiger partial charge in [0.25, 0.3) is 0 Å². The van der Waals surface area contributed by atoms with Crippen LogP contribution in [0, 0.1) is 0 Å². The third kappa shape index (κ3) is 8.46. The van der Waals surface area contributed by atoms with Crippen molar-refractivity contribution in [2.45, 2.75) is 19.6 Å². The molecule has 0 unspecified atom stereocenters. The van der Waals surface area contributed by atoms with E-state index in [0.717, 1.165) is 17.8 Å². The van der Waals surface area contributed by atoms with E-state index in [9.17, 15) is 13.2 Å². The van der Waals surface area contributed by atoms with Gasteiger partial charge in [0.2, 0.25) is 0 Å². The van der Waals surface area contributed by atoms with Crippen LogP contribution in [0.1, 0.15) is 18.2 Å². The summed E-state index contributed by atoms with van der Waals surface area (Å²) in [5.74, 6) is 0.767. The van der Waals surface area contributed by atoms with E-state index in [4.69, 9.17) is 4.74 Å². The van der Waals surface area contributed by atoms with Crippen molar-refractivity contribution in [2.75, 3.05) is 19.7 Å². The van der Waals surface area contributed by atoms with Crippen molar-refractivity contribution in [3.63, 3.8) is 0 Å². The maximum atomic E-state index is 12.7. The number of hydrogen-bond donors (Lipinski definition) is 2. The van der Waals surface area contributed by atoms with Gasteiger partial charge in [-0.25, -0.2) is 4.99 Å². The predicted molar refractivity (Wildman–Crippen MR) is 109 cm³/mol. The molecule has 0 aliphatic rings. The van der Waals surface area contributed by atoms with Gasteiger partial charge in [0.15, 0.2) is 5.96 Å². The molecule has 0 radical (unpaired) electrons. The van der Waals surface area contributed by atoms with Gasteiger partial charge in [0.1, 0.15) is 12.4 Å². The van der Waals surface area contributed by atoms with E-state index < -0.39 is 11.7 Å². The summed E-state index contributed by atoms with van der Waals surface area (Å²) in [6, 6.07) is 10.4. The topological polar surface area (TPSA) is 58.5 Å². The quantitative estimate of drug-likeness (QED) is 0.266. The average Bonchev–Trinajstić information content (AvgIpc) is 2.63. The Morgan fingerprint density at radius 2 is 1.96 bits per heavy atom. The van der Waals surface area contributed by atoms with Gasteiger partial charge in [-0.05, 0) is 37.3 Å². The predicted octanol–water partition coefficient (Wildman–Crippen LogP) is 3.85. The minimum atomic E-state index is -4.38. The van der Waals surface area contributed by atoms with E-state index in [2.05, 4.69) is 20.6 Å². The van der Waals surface area contributed by atoms with Crippen LogP contribution in [0.5, 0.6) is 5.75 Å². The highest BCUT2D eigenvalue weighted by molar-refractivity contribution is 14.0. The van der Waals surface area contributed by atoms with Crippen LogP contribution in [-0.4, -0.2) is 30.6 Å². The molecule has 0 bridgehead atoms. The zero-order chi connectivity index (χ0) is 18.8. The van der Waals surface area contributed by atoms with Crippen molar-refractivity contribution < 1.29 is 17.9 Å². The fourth-order valence-electron chi connectivity index (χ4n) is 2.09. The van der Waals surface area contributed by atoms with Gasteiger partial charge >= 0.3 is 6.18 Å². The molecule has 2 N–H and O–H groups in total. The molecule has 2 rings (SSSR count). The summed E-state index contributed by atoms with van der Waals surface area (Å²) in [5, 5.41) is 6.16. The van der Waals surface area contributed by atoms with Crippen LogP contribution < -0.4 is 15.4 Å². The summed E-state index contributed by atoms with van der Waals surface area (Å²) in [6.07, 6.45) is -2.68. The maximum Gasteiger partial charge on any atom is 0.416 e. The summed E-state index contributed by atoms with van der Waals surface area (Å²) in [5.41, 5.74) is 0.109. The van der Waals surface area contributed by atoms with Crippen LogP contribution in [0.2, 0.25) is 0 Å². The number of aliphatic imine (C=N–C) groups is 1. The van der Waals surface area contributed by atoms with Crippen molar-refractivity contribution in [1.29, 1.82) is 0 Å². The van der Waals surface area contributed by atoms with Crippen LogP contribution >= 0.6 is 24.0 Å². The molecule has 0 amide bonds. The molecule has 0 spiro atoms. The number of rotatable bonds is 7. The minimum Gasteiger partial charge on any atom is -0.492 e. The molecular formula is C18H22F3IN4O. The summed E-state index contributed by atoms with van der Waals surface area (Å²) in [7, 11) is 0. The van der Waals surface area contributed by atoms with Crippen LogP contribution in [0.4, 0.5) is 13.2 Å². The van der Waals surface area contributed by atoms with Crippen molar-refractivity contribution in [1.82, 2.24) is 15.6 Å². The standard InChI is InChI=1S/C18H21F3N4O.HI/c1-2-22-17(25-13-15-7-3-4-9-23-15)24-10-11-26-16-8-5-6-14(12-16)18(19,20)21;/h3-9,12H,2,10-11,13H2,1H3,(H2,22,24,25);1H. The normalized spacial score (nSPS) is 11.5. The Labute approximate surface area is 173 Å². The van der Waals surface area contributed by atoms with Crippen LogP contribution in [-0.2, 0) is 12.7 Å². The van der Waals surface area contributed by atoms with E-state index in [1.165, 1.54) is 12.1 Å². The maximum absolute atomic E-state index is 12.7. The van der Waals surface area contributed by atoms with Crippen LogP contribution in [0.3, 0.4) is 0 Å². The molecule has 0 saturated carbocycles. The second-order valence-electron chi connectivity index (χ2n) is 5.32. The number of pyridine rings is 1. The minimum absolute atomic E-state index is 0. The Balaban J connectivity index is 0.00000364. The Morgan fingerprint density at radius 1 is 1.15 bits per heavy atom. The van der Waals surface area contributed by atoms with Gasteiger partial charge < -0.3 is 15.4 Å². The molecule has 0 saturated heterocycles. The number of guanidine groups is 1. The van der Waals surface area contributed by atoms with Crippen molar-refractivity contribution >= 4 is 29.9 Å². The second kappa shape index (κ2) is 11.6. The van der Waals surface area contributed by atoms with Gasteiger partial charge in [-0.1, -0.05) is 12.1 Å². The third-order valence-electron chi connectivity index (χ3n) is 3.29. The highest BCUT2D eigenvalue weighted by Gasteiger charge is 2.30. The summed E-state index contributed by atoms with van der Waals surface area (Å²) >= 11 is 0. The number of aromatic nitrogens is 1. The zero-order valence-electron chi connectivity index (χ0n) is 14.8. The first kappa shape index (κ1) is 23.0. The number of hydrogen-bond acceptors (Lipinski definition) is 3. The first-order valence-electron chi connectivity index (χ1n) is 8.21.